The van der Waals surface area contributed by atoms with Crippen LogP contribution in [-0.4, -0.2) is 42.8 Å². The van der Waals surface area contributed by atoms with E-state index in [-0.39, 0.29) is 5.91 Å². The SMILES string of the molecule is COc1ccc(CCNC(=O)c2ccc(N3CCCCC3)nn2)cc1. The van der Waals surface area contributed by atoms with Crippen LogP contribution in [0.3, 0.4) is 0 Å². The van der Waals surface area contributed by atoms with Gasteiger partial charge in [0.2, 0.25) is 0 Å². The number of carbonyl (C=O) groups is 1. The minimum Gasteiger partial charge on any atom is -0.497 e. The van der Waals surface area contributed by atoms with Crippen molar-refractivity contribution < 1.29 is 9.53 Å². The lowest BCUT2D eigenvalue weighted by molar-refractivity contribution is 0.0948. The molecule has 1 aromatic carbocycles. The van der Waals surface area contributed by atoms with Gasteiger partial charge < -0.3 is 15.0 Å². The zero-order valence-electron chi connectivity index (χ0n) is 14.6. The number of methoxy groups -OCH3 is 1. The van der Waals surface area contributed by atoms with Crippen LogP contribution in [0.15, 0.2) is 36.4 Å². The van der Waals surface area contributed by atoms with E-state index in [0.717, 1.165) is 36.6 Å². The lowest BCUT2D eigenvalue weighted by Gasteiger charge is -2.27. The number of nitrogens with zero attached hydrogens (tertiary/aromatic N) is 3. The van der Waals surface area contributed by atoms with E-state index in [1.165, 1.54) is 19.3 Å². The number of anilines is 1. The molecule has 0 radical (unpaired) electrons. The molecule has 1 amide bonds. The number of aromatic nitrogens is 2. The highest BCUT2D eigenvalue weighted by Gasteiger charge is 2.14. The Balaban J connectivity index is 1.48. The van der Waals surface area contributed by atoms with Crippen molar-refractivity contribution in [2.24, 2.45) is 0 Å². The molecule has 1 aliphatic heterocycles. The molecule has 2 aromatic rings. The van der Waals surface area contributed by atoms with E-state index in [1.807, 2.05) is 30.3 Å². The smallest absolute Gasteiger partial charge is 0.271 e. The van der Waals surface area contributed by atoms with E-state index in [4.69, 9.17) is 4.74 Å². The molecule has 1 aliphatic rings. The standard InChI is InChI=1S/C19H24N4O2/c1-25-16-7-5-15(6-8-16)11-12-20-19(24)17-9-10-18(22-21-17)23-13-3-2-4-14-23/h5-10H,2-4,11-14H2,1H3,(H,20,24). The molecular weight excluding hydrogens is 316 g/mol. The Morgan fingerprint density at radius 1 is 1.08 bits per heavy atom. The van der Waals surface area contributed by atoms with Crippen LogP contribution in [-0.2, 0) is 6.42 Å². The molecule has 0 bridgehead atoms. The Kier molecular flexibility index (Phi) is 5.82. The number of hydrogen-bond donors (Lipinski definition) is 1. The van der Waals surface area contributed by atoms with Gasteiger partial charge in [-0.2, -0.15) is 0 Å². The first-order valence-corrected chi connectivity index (χ1v) is 8.76. The van der Waals surface area contributed by atoms with Crippen molar-refractivity contribution in [3.63, 3.8) is 0 Å². The molecule has 3 rings (SSSR count). The highest BCUT2D eigenvalue weighted by Crippen LogP contribution is 2.16. The molecule has 0 atom stereocenters. The van der Waals surface area contributed by atoms with Gasteiger partial charge in [0, 0.05) is 19.6 Å². The second kappa shape index (κ2) is 8.46. The Bertz CT molecular complexity index is 680. The molecule has 0 aliphatic carbocycles. The summed E-state index contributed by atoms with van der Waals surface area (Å²) in [4.78, 5) is 14.4. The lowest BCUT2D eigenvalue weighted by atomic mass is 10.1. The van der Waals surface area contributed by atoms with Gasteiger partial charge in [0.25, 0.3) is 5.91 Å². The van der Waals surface area contributed by atoms with Gasteiger partial charge in [-0.1, -0.05) is 12.1 Å². The van der Waals surface area contributed by atoms with Gasteiger partial charge >= 0.3 is 0 Å². The van der Waals surface area contributed by atoms with Gasteiger partial charge in [0.1, 0.15) is 5.75 Å². The first-order valence-electron chi connectivity index (χ1n) is 8.76. The van der Waals surface area contributed by atoms with Crippen LogP contribution in [0.2, 0.25) is 0 Å². The quantitative estimate of drug-likeness (QED) is 0.875. The molecule has 1 saturated heterocycles. The largest absolute Gasteiger partial charge is 0.497 e. The first kappa shape index (κ1) is 17.2. The molecule has 0 unspecified atom stereocenters. The van der Waals surface area contributed by atoms with E-state index in [9.17, 15) is 4.79 Å². The monoisotopic (exact) mass is 340 g/mol. The van der Waals surface area contributed by atoms with Crippen molar-refractivity contribution >= 4 is 11.7 Å². The van der Waals surface area contributed by atoms with Crippen molar-refractivity contribution in [2.75, 3.05) is 31.6 Å². The summed E-state index contributed by atoms with van der Waals surface area (Å²) >= 11 is 0. The summed E-state index contributed by atoms with van der Waals surface area (Å²) in [6, 6.07) is 11.5. The number of hydrogen-bond acceptors (Lipinski definition) is 5. The summed E-state index contributed by atoms with van der Waals surface area (Å²) in [7, 11) is 1.65. The fourth-order valence-electron chi connectivity index (χ4n) is 2.94. The second-order valence-electron chi connectivity index (χ2n) is 6.18. The average Bonchev–Trinajstić information content (AvgIpc) is 2.69. The third kappa shape index (κ3) is 4.68. The van der Waals surface area contributed by atoms with E-state index in [0.29, 0.717) is 12.2 Å². The third-order valence-electron chi connectivity index (χ3n) is 4.42. The molecular formula is C19H24N4O2. The minimum atomic E-state index is -0.189. The van der Waals surface area contributed by atoms with Gasteiger partial charge in [-0.3, -0.25) is 4.79 Å². The molecule has 2 heterocycles. The predicted molar refractivity (Wildman–Crippen MR) is 97.1 cm³/mol. The second-order valence-corrected chi connectivity index (χ2v) is 6.18. The maximum atomic E-state index is 12.2. The van der Waals surface area contributed by atoms with Gasteiger partial charge in [-0.05, 0) is 55.5 Å². The summed E-state index contributed by atoms with van der Waals surface area (Å²) in [6.07, 6.45) is 4.41. The van der Waals surface area contributed by atoms with Crippen molar-refractivity contribution in [2.45, 2.75) is 25.7 Å². The number of ether oxygens (including phenoxy) is 1. The highest BCUT2D eigenvalue weighted by molar-refractivity contribution is 5.92. The van der Waals surface area contributed by atoms with Gasteiger partial charge in [0.15, 0.2) is 11.5 Å². The number of benzene rings is 1. The van der Waals surface area contributed by atoms with Gasteiger partial charge in [-0.25, -0.2) is 0 Å². The number of nitrogens with one attached hydrogen (secondary N) is 1. The number of piperidine rings is 1. The van der Waals surface area contributed by atoms with E-state index in [1.54, 1.807) is 13.2 Å². The Morgan fingerprint density at radius 3 is 2.48 bits per heavy atom. The third-order valence-corrected chi connectivity index (χ3v) is 4.42. The molecule has 1 N–H and O–H groups in total. The maximum Gasteiger partial charge on any atom is 0.271 e. The number of carbonyl (C=O) groups excluding carboxylic acids is 1. The maximum absolute atomic E-state index is 12.2. The van der Waals surface area contributed by atoms with Crippen molar-refractivity contribution in [1.82, 2.24) is 15.5 Å². The highest BCUT2D eigenvalue weighted by atomic mass is 16.5. The summed E-state index contributed by atoms with van der Waals surface area (Å²) in [5, 5.41) is 11.2. The zero-order chi connectivity index (χ0) is 17.5. The molecule has 1 fully saturated rings. The Labute approximate surface area is 148 Å². The van der Waals surface area contributed by atoms with E-state index >= 15 is 0 Å². The number of amides is 1. The van der Waals surface area contributed by atoms with Crippen LogP contribution in [0.25, 0.3) is 0 Å². The van der Waals surface area contributed by atoms with Crippen molar-refractivity contribution in [1.29, 1.82) is 0 Å². The van der Waals surface area contributed by atoms with Crippen LogP contribution in [0.4, 0.5) is 5.82 Å². The average molecular weight is 340 g/mol. The summed E-state index contributed by atoms with van der Waals surface area (Å²) in [6.45, 7) is 2.59. The Morgan fingerprint density at radius 2 is 1.84 bits per heavy atom. The van der Waals surface area contributed by atoms with Crippen molar-refractivity contribution in [3.8, 4) is 5.75 Å². The number of rotatable bonds is 6. The van der Waals surface area contributed by atoms with E-state index in [2.05, 4.69) is 20.4 Å². The first-order chi connectivity index (χ1) is 12.3. The predicted octanol–water partition coefficient (Wildman–Crippen LogP) is 2.45. The molecule has 0 spiro atoms. The minimum absolute atomic E-state index is 0.189. The molecule has 1 aromatic heterocycles. The summed E-state index contributed by atoms with van der Waals surface area (Å²) in [5.74, 6) is 1.50. The molecule has 132 valence electrons. The normalized spacial score (nSPS) is 14.2. The molecule has 6 nitrogen and oxygen atoms in total. The van der Waals surface area contributed by atoms with Crippen LogP contribution < -0.4 is 15.0 Å². The summed E-state index contributed by atoms with van der Waals surface area (Å²) in [5.41, 5.74) is 1.50. The van der Waals surface area contributed by atoms with Crippen LogP contribution in [0.1, 0.15) is 35.3 Å². The zero-order valence-corrected chi connectivity index (χ0v) is 14.6. The molecule has 0 saturated carbocycles. The molecule has 25 heavy (non-hydrogen) atoms. The fraction of sp³-hybridized carbons (Fsp3) is 0.421. The van der Waals surface area contributed by atoms with Crippen molar-refractivity contribution in [3.05, 3.63) is 47.7 Å². The summed E-state index contributed by atoms with van der Waals surface area (Å²) < 4.78 is 5.13. The van der Waals surface area contributed by atoms with Gasteiger partial charge in [-0.15, -0.1) is 10.2 Å². The Hall–Kier alpha value is -2.63. The van der Waals surface area contributed by atoms with Crippen LogP contribution >= 0.6 is 0 Å². The van der Waals surface area contributed by atoms with Crippen LogP contribution in [0, 0.1) is 0 Å². The fourth-order valence-corrected chi connectivity index (χ4v) is 2.94. The lowest BCUT2D eigenvalue weighted by Crippen LogP contribution is -2.31. The van der Waals surface area contributed by atoms with E-state index < -0.39 is 0 Å². The van der Waals surface area contributed by atoms with Crippen LogP contribution in [0.5, 0.6) is 5.75 Å². The topological polar surface area (TPSA) is 67.3 Å². The molecule has 6 heteroatoms. The van der Waals surface area contributed by atoms with Gasteiger partial charge in [0.05, 0.1) is 7.11 Å².